The molecule has 0 aliphatic carbocycles. The van der Waals surface area contributed by atoms with Gasteiger partial charge in [-0.2, -0.15) is 0 Å². The summed E-state index contributed by atoms with van der Waals surface area (Å²) in [6.45, 7) is 6.00. The van der Waals surface area contributed by atoms with E-state index in [1.165, 1.54) is 4.90 Å². The lowest BCUT2D eigenvalue weighted by molar-refractivity contribution is -0.168. The number of carbonyl (C=O) groups is 4. The minimum Gasteiger partial charge on any atom is -0.491 e. The fourth-order valence-corrected chi connectivity index (χ4v) is 4.71. The Morgan fingerprint density at radius 1 is 1.08 bits per heavy atom. The van der Waals surface area contributed by atoms with E-state index in [0.717, 1.165) is 5.56 Å². The maximum Gasteiger partial charge on any atom is 0.310 e. The summed E-state index contributed by atoms with van der Waals surface area (Å²) >= 11 is 0. The second-order valence-electron chi connectivity index (χ2n) is 10.1. The van der Waals surface area contributed by atoms with E-state index < -0.39 is 36.3 Å². The molecule has 2 unspecified atom stereocenters. The molecule has 2 aromatic carbocycles. The Hall–Kier alpha value is -3.92. The molecule has 2 saturated heterocycles. The molecule has 10 nitrogen and oxygen atoms in total. The lowest BCUT2D eigenvalue weighted by Gasteiger charge is -2.28. The Bertz CT molecular complexity index is 1190. The van der Waals surface area contributed by atoms with Crippen molar-refractivity contribution in [3.63, 3.8) is 0 Å². The van der Waals surface area contributed by atoms with Gasteiger partial charge in [-0.3, -0.25) is 19.2 Å². The number of rotatable bonds is 10. The summed E-state index contributed by atoms with van der Waals surface area (Å²) in [5.74, 6) is -1.05. The summed E-state index contributed by atoms with van der Waals surface area (Å²) in [5.41, 5.74) is 1.28. The molecule has 2 heterocycles. The molecule has 0 spiro atoms. The zero-order valence-corrected chi connectivity index (χ0v) is 22.4. The third-order valence-electron chi connectivity index (χ3n) is 6.57. The van der Waals surface area contributed by atoms with Crippen molar-refractivity contribution in [1.29, 1.82) is 0 Å². The van der Waals surface area contributed by atoms with Crippen LogP contribution in [0.25, 0.3) is 0 Å². The van der Waals surface area contributed by atoms with Gasteiger partial charge in [0.25, 0.3) is 5.91 Å². The summed E-state index contributed by atoms with van der Waals surface area (Å²) in [5, 5.41) is 5.57. The highest BCUT2D eigenvalue weighted by molar-refractivity contribution is 5.98. The monoisotopic (exact) mass is 537 g/mol. The third-order valence-corrected chi connectivity index (χ3v) is 6.57. The minimum atomic E-state index is -0.916. The van der Waals surface area contributed by atoms with Crippen LogP contribution in [0.1, 0.15) is 56.0 Å². The van der Waals surface area contributed by atoms with Crippen LogP contribution in [0, 0.1) is 0 Å². The molecule has 2 fully saturated rings. The summed E-state index contributed by atoms with van der Waals surface area (Å²) < 4.78 is 16.7. The van der Waals surface area contributed by atoms with E-state index >= 15 is 0 Å². The molecule has 0 aromatic heterocycles. The SMILES string of the molecule is CC(C)Oc1cccc(C(=O)N[C@@H](C)C(=O)N2CCC[C@H]2C(=O)NC2CC(=O)OC2OCc2ccccc2)c1. The quantitative estimate of drug-likeness (QED) is 0.447. The number of amides is 3. The highest BCUT2D eigenvalue weighted by Gasteiger charge is 2.41. The van der Waals surface area contributed by atoms with Crippen LogP contribution in [-0.2, 0) is 30.5 Å². The van der Waals surface area contributed by atoms with Crippen LogP contribution in [0.5, 0.6) is 5.75 Å². The Morgan fingerprint density at radius 3 is 2.59 bits per heavy atom. The normalized spacial score (nSPS) is 21.4. The van der Waals surface area contributed by atoms with Crippen molar-refractivity contribution in [1.82, 2.24) is 15.5 Å². The molecule has 4 atom stereocenters. The molecule has 2 aliphatic rings. The molecule has 4 rings (SSSR count). The first-order chi connectivity index (χ1) is 18.7. The van der Waals surface area contributed by atoms with Gasteiger partial charge in [0.15, 0.2) is 0 Å². The van der Waals surface area contributed by atoms with Crippen molar-refractivity contribution in [3.05, 3.63) is 65.7 Å². The fraction of sp³-hybridized carbons (Fsp3) is 0.448. The van der Waals surface area contributed by atoms with Gasteiger partial charge in [-0.05, 0) is 57.4 Å². The molecule has 2 aliphatic heterocycles. The number of carbonyl (C=O) groups excluding carboxylic acids is 4. The van der Waals surface area contributed by atoms with E-state index in [1.54, 1.807) is 31.2 Å². The Kier molecular flexibility index (Phi) is 9.19. The van der Waals surface area contributed by atoms with Crippen LogP contribution in [-0.4, -0.2) is 65.7 Å². The van der Waals surface area contributed by atoms with E-state index in [0.29, 0.717) is 30.7 Å². The summed E-state index contributed by atoms with van der Waals surface area (Å²) in [6, 6.07) is 14.0. The standard InChI is InChI=1S/C29H35N3O7/c1-18(2)38-22-12-7-11-21(15-22)26(34)30-19(3)28(36)32-14-8-13-24(32)27(35)31-23-16-25(33)39-29(23)37-17-20-9-5-4-6-10-20/h4-7,9-12,15,18-19,23-24,29H,8,13-14,16-17H2,1-3H3,(H,30,34)(H,31,35)/t19-,23?,24-,29?/m0/s1. The predicted molar refractivity (Wildman–Crippen MR) is 142 cm³/mol. The number of hydrogen-bond donors (Lipinski definition) is 2. The van der Waals surface area contributed by atoms with Crippen molar-refractivity contribution in [2.24, 2.45) is 0 Å². The maximum atomic E-state index is 13.3. The van der Waals surface area contributed by atoms with Gasteiger partial charge in [-0.1, -0.05) is 36.4 Å². The van der Waals surface area contributed by atoms with Gasteiger partial charge in [0.1, 0.15) is 23.9 Å². The van der Waals surface area contributed by atoms with Crippen molar-refractivity contribution >= 4 is 23.7 Å². The van der Waals surface area contributed by atoms with Crippen LogP contribution in [0.3, 0.4) is 0 Å². The first-order valence-corrected chi connectivity index (χ1v) is 13.2. The first-order valence-electron chi connectivity index (χ1n) is 13.2. The molecule has 2 N–H and O–H groups in total. The number of benzene rings is 2. The smallest absolute Gasteiger partial charge is 0.310 e. The third kappa shape index (κ3) is 7.35. The lowest BCUT2D eigenvalue weighted by Crippen LogP contribution is -2.54. The average Bonchev–Trinajstić information content (AvgIpc) is 3.54. The first kappa shape index (κ1) is 28.1. The molecule has 208 valence electrons. The van der Waals surface area contributed by atoms with Gasteiger partial charge in [0.05, 0.1) is 19.1 Å². The molecule has 2 aromatic rings. The molecule has 0 radical (unpaired) electrons. The Morgan fingerprint density at radius 2 is 1.85 bits per heavy atom. The van der Waals surface area contributed by atoms with Gasteiger partial charge in [-0.25, -0.2) is 0 Å². The molecule has 3 amide bonds. The predicted octanol–water partition coefficient (Wildman–Crippen LogP) is 2.56. The Balaban J connectivity index is 1.33. The number of nitrogens with one attached hydrogen (secondary N) is 2. The van der Waals surface area contributed by atoms with Gasteiger partial charge in [0.2, 0.25) is 18.1 Å². The van der Waals surface area contributed by atoms with Crippen molar-refractivity contribution in [2.45, 2.75) is 77.2 Å². The number of likely N-dealkylation sites (tertiary alicyclic amines) is 1. The number of hydrogen-bond acceptors (Lipinski definition) is 7. The van der Waals surface area contributed by atoms with E-state index in [-0.39, 0.29) is 30.9 Å². The summed E-state index contributed by atoms with van der Waals surface area (Å²) in [4.78, 5) is 52.7. The summed E-state index contributed by atoms with van der Waals surface area (Å²) in [6.07, 6.45) is 0.150. The minimum absolute atomic E-state index is 0.0160. The fourth-order valence-electron chi connectivity index (χ4n) is 4.71. The molecular formula is C29H35N3O7. The molecule has 10 heteroatoms. The maximum absolute atomic E-state index is 13.3. The highest BCUT2D eigenvalue weighted by atomic mass is 16.7. The van der Waals surface area contributed by atoms with Crippen LogP contribution < -0.4 is 15.4 Å². The van der Waals surface area contributed by atoms with Crippen molar-refractivity contribution < 1.29 is 33.4 Å². The lowest BCUT2D eigenvalue weighted by atomic mass is 10.1. The Labute approximate surface area is 228 Å². The highest BCUT2D eigenvalue weighted by Crippen LogP contribution is 2.22. The zero-order chi connectivity index (χ0) is 27.9. The van der Waals surface area contributed by atoms with Crippen molar-refractivity contribution in [2.75, 3.05) is 6.54 Å². The van der Waals surface area contributed by atoms with Gasteiger partial charge < -0.3 is 29.7 Å². The number of nitrogens with zero attached hydrogens (tertiary/aromatic N) is 1. The molecule has 0 saturated carbocycles. The van der Waals surface area contributed by atoms with E-state index in [2.05, 4.69) is 10.6 Å². The van der Waals surface area contributed by atoms with Crippen molar-refractivity contribution in [3.8, 4) is 5.75 Å². The molecular weight excluding hydrogens is 502 g/mol. The zero-order valence-electron chi connectivity index (χ0n) is 22.4. The second-order valence-corrected chi connectivity index (χ2v) is 10.1. The van der Waals surface area contributed by atoms with Gasteiger partial charge >= 0.3 is 5.97 Å². The van der Waals surface area contributed by atoms with Crippen LogP contribution >= 0.6 is 0 Å². The second kappa shape index (κ2) is 12.8. The van der Waals surface area contributed by atoms with E-state index in [9.17, 15) is 19.2 Å². The average molecular weight is 538 g/mol. The van der Waals surface area contributed by atoms with E-state index in [4.69, 9.17) is 14.2 Å². The van der Waals surface area contributed by atoms with Crippen LogP contribution in [0.2, 0.25) is 0 Å². The van der Waals surface area contributed by atoms with E-state index in [1.807, 2.05) is 44.2 Å². The van der Waals surface area contributed by atoms with Crippen LogP contribution in [0.15, 0.2) is 54.6 Å². The largest absolute Gasteiger partial charge is 0.491 e. The number of cyclic esters (lactones) is 1. The molecule has 39 heavy (non-hydrogen) atoms. The van der Waals surface area contributed by atoms with Gasteiger partial charge in [0, 0.05) is 12.1 Å². The van der Waals surface area contributed by atoms with Gasteiger partial charge in [-0.15, -0.1) is 0 Å². The molecule has 0 bridgehead atoms. The number of ether oxygens (including phenoxy) is 3. The van der Waals surface area contributed by atoms with Crippen LogP contribution in [0.4, 0.5) is 0 Å². The summed E-state index contributed by atoms with van der Waals surface area (Å²) in [7, 11) is 0. The topological polar surface area (TPSA) is 123 Å². The number of esters is 1.